The van der Waals surface area contributed by atoms with E-state index in [-0.39, 0.29) is 11.2 Å². The molecule has 2 rings (SSSR count). The fraction of sp³-hybridized carbons (Fsp3) is 0.417. The van der Waals surface area contributed by atoms with Gasteiger partial charge in [0.2, 0.25) is 0 Å². The van der Waals surface area contributed by atoms with Gasteiger partial charge in [-0.25, -0.2) is 9.37 Å². The number of aromatic amines is 1. The zero-order valence-corrected chi connectivity index (χ0v) is 9.48. The number of aryl methyl sites for hydroxylation is 1. The molecule has 2 aromatic rings. The monoisotopic (exact) mass is 206 g/mol. The molecule has 0 fully saturated rings. The number of aromatic nitrogens is 2. The molecule has 0 aliphatic rings. The molecule has 3 heteroatoms. The van der Waals surface area contributed by atoms with E-state index in [1.165, 1.54) is 0 Å². The summed E-state index contributed by atoms with van der Waals surface area (Å²) in [6.07, 6.45) is 0. The molecule has 15 heavy (non-hydrogen) atoms. The molecule has 1 aromatic heterocycles. The lowest BCUT2D eigenvalue weighted by Gasteiger charge is -2.19. The Morgan fingerprint density at radius 1 is 1.27 bits per heavy atom. The zero-order chi connectivity index (χ0) is 11.2. The van der Waals surface area contributed by atoms with Crippen molar-refractivity contribution < 1.29 is 4.39 Å². The van der Waals surface area contributed by atoms with E-state index in [4.69, 9.17) is 0 Å². The van der Waals surface area contributed by atoms with E-state index in [2.05, 4.69) is 9.97 Å². The van der Waals surface area contributed by atoms with Gasteiger partial charge < -0.3 is 4.98 Å². The van der Waals surface area contributed by atoms with Gasteiger partial charge in [0.25, 0.3) is 0 Å². The van der Waals surface area contributed by atoms with Crippen molar-refractivity contribution in [1.82, 2.24) is 9.97 Å². The van der Waals surface area contributed by atoms with E-state index in [9.17, 15) is 4.39 Å². The van der Waals surface area contributed by atoms with Crippen LogP contribution in [0.1, 0.15) is 32.2 Å². The van der Waals surface area contributed by atoms with Crippen molar-refractivity contribution in [2.24, 2.45) is 0 Å². The Morgan fingerprint density at radius 3 is 2.53 bits per heavy atom. The summed E-state index contributed by atoms with van der Waals surface area (Å²) in [5.74, 6) is 0.541. The van der Waals surface area contributed by atoms with Crippen molar-refractivity contribution >= 4 is 11.0 Å². The minimum atomic E-state index is -0.204. The Morgan fingerprint density at radius 2 is 1.93 bits per heavy atom. The van der Waals surface area contributed by atoms with E-state index in [0.29, 0.717) is 11.1 Å². The van der Waals surface area contributed by atoms with Crippen LogP contribution in [0, 0.1) is 12.7 Å². The smallest absolute Gasteiger partial charge is 0.154 e. The summed E-state index contributed by atoms with van der Waals surface area (Å²) in [6, 6.07) is 3.72. The maximum atomic E-state index is 14.1. The first-order valence-corrected chi connectivity index (χ1v) is 5.05. The van der Waals surface area contributed by atoms with Crippen LogP contribution >= 0.6 is 0 Å². The Bertz CT molecular complexity index is 506. The molecule has 80 valence electrons. The lowest BCUT2D eigenvalue weighted by molar-refractivity contribution is 0.528. The van der Waals surface area contributed by atoms with Gasteiger partial charge in [0, 0.05) is 0 Å². The molecule has 0 spiro atoms. The van der Waals surface area contributed by atoms with E-state index in [1.807, 2.05) is 39.8 Å². The zero-order valence-electron chi connectivity index (χ0n) is 9.48. The first kappa shape index (κ1) is 10.1. The molecular weight excluding hydrogens is 191 g/mol. The predicted octanol–water partition coefficient (Wildman–Crippen LogP) is 3.31. The molecule has 2 nitrogen and oxygen atoms in total. The fourth-order valence-electron chi connectivity index (χ4n) is 1.74. The van der Waals surface area contributed by atoms with Crippen LogP contribution in [0.2, 0.25) is 0 Å². The maximum absolute atomic E-state index is 14.1. The first-order valence-electron chi connectivity index (χ1n) is 5.05. The molecule has 0 aliphatic heterocycles. The molecule has 0 aliphatic carbocycles. The van der Waals surface area contributed by atoms with Gasteiger partial charge in [-0.3, -0.25) is 0 Å². The third kappa shape index (κ3) is 1.62. The van der Waals surface area contributed by atoms with Gasteiger partial charge in [-0.15, -0.1) is 0 Å². The summed E-state index contributed by atoms with van der Waals surface area (Å²) in [5.41, 5.74) is 1.73. The van der Waals surface area contributed by atoms with Gasteiger partial charge in [0.05, 0.1) is 5.52 Å². The Kier molecular flexibility index (Phi) is 2.07. The first-order chi connectivity index (χ1) is 6.89. The number of fused-ring (bicyclic) bond motifs is 1. The van der Waals surface area contributed by atoms with Crippen LogP contribution in [0.4, 0.5) is 4.39 Å². The lowest BCUT2D eigenvalue weighted by Crippen LogP contribution is -2.13. The Labute approximate surface area is 88.5 Å². The Balaban J connectivity index is 2.75. The number of hydrogen-bond donors (Lipinski definition) is 1. The highest BCUT2D eigenvalue weighted by Crippen LogP contribution is 2.28. The average molecular weight is 206 g/mol. The third-order valence-corrected chi connectivity index (χ3v) is 2.52. The van der Waals surface area contributed by atoms with Crippen LogP contribution < -0.4 is 0 Å². The number of nitrogens with one attached hydrogen (secondary N) is 1. The van der Waals surface area contributed by atoms with Crippen molar-refractivity contribution in [3.05, 3.63) is 29.3 Å². The molecule has 0 amide bonds. The Hall–Kier alpha value is -1.38. The minimum Gasteiger partial charge on any atom is -0.342 e. The molecule has 0 bridgehead atoms. The second kappa shape index (κ2) is 3.05. The van der Waals surface area contributed by atoms with Gasteiger partial charge in [0.15, 0.2) is 5.82 Å². The van der Waals surface area contributed by atoms with Crippen LogP contribution in [-0.4, -0.2) is 9.97 Å². The predicted molar refractivity (Wildman–Crippen MR) is 59.5 cm³/mol. The van der Waals surface area contributed by atoms with E-state index < -0.39 is 0 Å². The fourth-order valence-corrected chi connectivity index (χ4v) is 1.74. The van der Waals surface area contributed by atoms with Gasteiger partial charge in [0.1, 0.15) is 11.3 Å². The van der Waals surface area contributed by atoms with Gasteiger partial charge >= 0.3 is 0 Å². The number of halogens is 1. The highest BCUT2D eigenvalue weighted by molar-refractivity contribution is 5.77. The summed E-state index contributed by atoms with van der Waals surface area (Å²) >= 11 is 0. The number of H-pyrrole nitrogens is 1. The van der Waals surface area contributed by atoms with E-state index >= 15 is 0 Å². The van der Waals surface area contributed by atoms with Gasteiger partial charge in [-0.1, -0.05) is 26.8 Å². The molecule has 0 radical (unpaired) electrons. The van der Waals surface area contributed by atoms with E-state index in [1.54, 1.807) is 0 Å². The largest absolute Gasteiger partial charge is 0.342 e. The summed E-state index contributed by atoms with van der Waals surface area (Å²) < 4.78 is 14.1. The van der Waals surface area contributed by atoms with Gasteiger partial charge in [-0.2, -0.15) is 0 Å². The summed E-state index contributed by atoms with van der Waals surface area (Å²) in [7, 11) is 0. The average Bonchev–Trinajstić information content (AvgIpc) is 2.44. The van der Waals surface area contributed by atoms with Crippen molar-refractivity contribution in [2.45, 2.75) is 33.1 Å². The van der Waals surface area contributed by atoms with Crippen LogP contribution in [0.15, 0.2) is 12.1 Å². The summed E-state index contributed by atoms with van der Waals surface area (Å²) in [5, 5.41) is 0. The summed E-state index contributed by atoms with van der Waals surface area (Å²) in [4.78, 5) is 7.18. The normalized spacial score (nSPS) is 12.3. The number of benzene rings is 1. The maximum Gasteiger partial charge on any atom is 0.154 e. The lowest BCUT2D eigenvalue weighted by atomic mass is 9.86. The van der Waals surface area contributed by atoms with Crippen molar-refractivity contribution in [2.75, 3.05) is 0 Å². The summed E-state index contributed by atoms with van der Waals surface area (Å²) in [6.45, 7) is 7.82. The third-order valence-electron chi connectivity index (χ3n) is 2.52. The quantitative estimate of drug-likeness (QED) is 0.703. The molecule has 0 unspecified atom stereocenters. The molecule has 0 atom stereocenters. The molecule has 1 aromatic carbocycles. The molecular formula is C12H15FN2. The van der Waals surface area contributed by atoms with Crippen LogP contribution in [0.3, 0.4) is 0 Å². The van der Waals surface area contributed by atoms with E-state index in [0.717, 1.165) is 11.3 Å². The van der Waals surface area contributed by atoms with Crippen molar-refractivity contribution in [3.8, 4) is 0 Å². The van der Waals surface area contributed by atoms with Crippen LogP contribution in [0.25, 0.3) is 11.0 Å². The second-order valence-corrected chi connectivity index (χ2v) is 4.90. The van der Waals surface area contributed by atoms with Crippen LogP contribution in [-0.2, 0) is 5.41 Å². The SMILES string of the molecule is Cc1nc2c(F)c(C(C)(C)C)ccc2[nH]1. The highest BCUT2D eigenvalue weighted by atomic mass is 19.1. The second-order valence-electron chi connectivity index (χ2n) is 4.90. The van der Waals surface area contributed by atoms with Crippen molar-refractivity contribution in [1.29, 1.82) is 0 Å². The number of imidazole rings is 1. The number of rotatable bonds is 0. The number of hydrogen-bond acceptors (Lipinski definition) is 1. The topological polar surface area (TPSA) is 28.7 Å². The standard InChI is InChI=1S/C12H15FN2/c1-7-14-9-6-5-8(12(2,3)4)10(13)11(9)15-7/h5-6H,1-4H3,(H,14,15). The molecule has 0 saturated heterocycles. The number of nitrogens with zero attached hydrogens (tertiary/aromatic N) is 1. The molecule has 1 N–H and O–H groups in total. The molecule has 0 saturated carbocycles. The van der Waals surface area contributed by atoms with Gasteiger partial charge in [-0.05, 0) is 24.0 Å². The highest BCUT2D eigenvalue weighted by Gasteiger charge is 2.21. The van der Waals surface area contributed by atoms with Crippen LogP contribution in [0.5, 0.6) is 0 Å². The molecule has 1 heterocycles. The van der Waals surface area contributed by atoms with Crippen molar-refractivity contribution in [3.63, 3.8) is 0 Å². The minimum absolute atomic E-state index is 0.189.